The van der Waals surface area contributed by atoms with Gasteiger partial charge in [-0.3, -0.25) is 0 Å². The second kappa shape index (κ2) is 4.44. The molecule has 16 heavy (non-hydrogen) atoms. The lowest BCUT2D eigenvalue weighted by Crippen LogP contribution is -2.16. The number of benzene rings is 1. The number of hydrogen-bond donors (Lipinski definition) is 2. The first-order chi connectivity index (χ1) is 7.29. The number of aliphatic hydroxyl groups is 1. The maximum Gasteiger partial charge on any atom is 0.178 e. The van der Waals surface area contributed by atoms with E-state index in [4.69, 9.17) is 5.73 Å². The lowest BCUT2D eigenvalue weighted by molar-refractivity contribution is 0.175. The summed E-state index contributed by atoms with van der Waals surface area (Å²) >= 11 is 0. The van der Waals surface area contributed by atoms with Crippen molar-refractivity contribution < 1.29 is 22.3 Å². The Labute approximate surface area is 91.6 Å². The van der Waals surface area contributed by atoms with Gasteiger partial charge in [-0.2, -0.15) is 0 Å². The standard InChI is InChI=1S/C9H11F2NO3S/c1-16(14,15)7-3-2-5(10)8(9(7)11)6(13)4-12/h2-3,6,13H,4,12H2,1H3. The summed E-state index contributed by atoms with van der Waals surface area (Å²) in [5, 5.41) is 9.28. The van der Waals surface area contributed by atoms with Crippen molar-refractivity contribution in [2.75, 3.05) is 12.8 Å². The topological polar surface area (TPSA) is 80.4 Å². The fraction of sp³-hybridized carbons (Fsp3) is 0.333. The predicted molar refractivity (Wildman–Crippen MR) is 53.5 cm³/mol. The van der Waals surface area contributed by atoms with E-state index < -0.39 is 44.6 Å². The van der Waals surface area contributed by atoms with Crippen molar-refractivity contribution >= 4 is 9.84 Å². The Morgan fingerprint density at radius 1 is 1.44 bits per heavy atom. The molecule has 0 spiro atoms. The molecule has 3 N–H and O–H groups in total. The molecule has 1 atom stereocenters. The highest BCUT2D eigenvalue weighted by Gasteiger charge is 2.23. The Hall–Kier alpha value is -1.05. The smallest absolute Gasteiger partial charge is 0.178 e. The molecule has 0 saturated carbocycles. The van der Waals surface area contributed by atoms with Crippen molar-refractivity contribution in [1.82, 2.24) is 0 Å². The fourth-order valence-electron chi connectivity index (χ4n) is 1.26. The van der Waals surface area contributed by atoms with Gasteiger partial charge in [-0.15, -0.1) is 0 Å². The Morgan fingerprint density at radius 2 is 2.00 bits per heavy atom. The first kappa shape index (κ1) is 13.0. The van der Waals surface area contributed by atoms with E-state index in [2.05, 4.69) is 0 Å². The average molecular weight is 251 g/mol. The van der Waals surface area contributed by atoms with Gasteiger partial charge in [0.25, 0.3) is 0 Å². The maximum atomic E-state index is 13.6. The van der Waals surface area contributed by atoms with Gasteiger partial charge in [-0.1, -0.05) is 0 Å². The van der Waals surface area contributed by atoms with E-state index in [-0.39, 0.29) is 0 Å². The number of nitrogens with two attached hydrogens (primary N) is 1. The lowest BCUT2D eigenvalue weighted by atomic mass is 10.1. The summed E-state index contributed by atoms with van der Waals surface area (Å²) in [6, 6.07) is 1.60. The van der Waals surface area contributed by atoms with E-state index >= 15 is 0 Å². The summed E-state index contributed by atoms with van der Waals surface area (Å²) in [5.74, 6) is -2.32. The molecule has 4 nitrogen and oxygen atoms in total. The number of sulfone groups is 1. The minimum atomic E-state index is -3.81. The van der Waals surface area contributed by atoms with Crippen LogP contribution in [0, 0.1) is 11.6 Å². The fourth-order valence-corrected chi connectivity index (χ4v) is 2.01. The molecular formula is C9H11F2NO3S. The highest BCUT2D eigenvalue weighted by Crippen LogP contribution is 2.25. The third kappa shape index (κ3) is 2.37. The normalized spacial score (nSPS) is 13.8. The van der Waals surface area contributed by atoms with Crippen molar-refractivity contribution in [1.29, 1.82) is 0 Å². The first-order valence-electron chi connectivity index (χ1n) is 4.35. The predicted octanol–water partition coefficient (Wildman–Crippen LogP) is 0.360. The molecule has 1 unspecified atom stereocenters. The summed E-state index contributed by atoms with van der Waals surface area (Å²) < 4.78 is 49.1. The van der Waals surface area contributed by atoms with Crippen LogP contribution < -0.4 is 5.73 Å². The van der Waals surface area contributed by atoms with Crippen LogP contribution >= 0.6 is 0 Å². The second-order valence-electron chi connectivity index (χ2n) is 3.30. The SMILES string of the molecule is CS(=O)(=O)c1ccc(F)c(C(O)CN)c1F. The molecule has 0 heterocycles. The van der Waals surface area contributed by atoms with Crippen LogP contribution in [0.3, 0.4) is 0 Å². The Kier molecular flexibility index (Phi) is 3.61. The third-order valence-electron chi connectivity index (χ3n) is 2.05. The molecule has 0 amide bonds. The van der Waals surface area contributed by atoms with Crippen molar-refractivity contribution in [3.63, 3.8) is 0 Å². The maximum absolute atomic E-state index is 13.6. The summed E-state index contributed by atoms with van der Waals surface area (Å²) in [5.41, 5.74) is 4.35. The average Bonchev–Trinajstić information content (AvgIpc) is 2.15. The summed E-state index contributed by atoms with van der Waals surface area (Å²) in [7, 11) is -3.81. The molecule has 1 aromatic rings. The van der Waals surface area contributed by atoms with Crippen LogP contribution in [0.4, 0.5) is 8.78 Å². The van der Waals surface area contributed by atoms with Crippen molar-refractivity contribution in [2.45, 2.75) is 11.0 Å². The van der Waals surface area contributed by atoms with Crippen LogP contribution in [0.25, 0.3) is 0 Å². The van der Waals surface area contributed by atoms with E-state index in [1.54, 1.807) is 0 Å². The molecule has 7 heteroatoms. The molecule has 0 aromatic heterocycles. The van der Waals surface area contributed by atoms with E-state index in [9.17, 15) is 22.3 Å². The molecular weight excluding hydrogens is 240 g/mol. The van der Waals surface area contributed by atoms with Crippen LogP contribution in [0.15, 0.2) is 17.0 Å². The van der Waals surface area contributed by atoms with E-state index in [0.717, 1.165) is 18.4 Å². The largest absolute Gasteiger partial charge is 0.387 e. The van der Waals surface area contributed by atoms with Gasteiger partial charge in [-0.05, 0) is 12.1 Å². The Morgan fingerprint density at radius 3 is 2.44 bits per heavy atom. The molecule has 0 bridgehead atoms. The zero-order valence-electron chi connectivity index (χ0n) is 8.44. The van der Waals surface area contributed by atoms with Gasteiger partial charge in [0.1, 0.15) is 10.7 Å². The zero-order chi connectivity index (χ0) is 12.5. The Bertz CT molecular complexity index is 502. The monoisotopic (exact) mass is 251 g/mol. The van der Waals surface area contributed by atoms with Gasteiger partial charge in [0.05, 0.1) is 11.7 Å². The van der Waals surface area contributed by atoms with Gasteiger partial charge in [-0.25, -0.2) is 17.2 Å². The van der Waals surface area contributed by atoms with Crippen LogP contribution in [0.5, 0.6) is 0 Å². The van der Waals surface area contributed by atoms with E-state index in [1.165, 1.54) is 0 Å². The van der Waals surface area contributed by atoms with Crippen molar-refractivity contribution in [2.24, 2.45) is 5.73 Å². The van der Waals surface area contributed by atoms with Crippen LogP contribution in [-0.4, -0.2) is 26.3 Å². The van der Waals surface area contributed by atoms with Crippen molar-refractivity contribution in [3.8, 4) is 0 Å². The van der Waals surface area contributed by atoms with Gasteiger partial charge in [0, 0.05) is 12.8 Å². The minimum absolute atomic E-state index is 0.402. The quantitative estimate of drug-likeness (QED) is 0.760. The lowest BCUT2D eigenvalue weighted by Gasteiger charge is -2.12. The molecule has 0 aliphatic heterocycles. The molecule has 0 radical (unpaired) electrons. The van der Waals surface area contributed by atoms with Crippen molar-refractivity contribution in [3.05, 3.63) is 29.3 Å². The minimum Gasteiger partial charge on any atom is -0.387 e. The molecule has 1 rings (SSSR count). The molecule has 0 fully saturated rings. The Balaban J connectivity index is 3.51. The summed E-state index contributed by atoms with van der Waals surface area (Å²) in [4.78, 5) is -0.656. The first-order valence-corrected chi connectivity index (χ1v) is 6.24. The third-order valence-corrected chi connectivity index (χ3v) is 3.16. The molecule has 0 aliphatic carbocycles. The van der Waals surface area contributed by atoms with Gasteiger partial charge in [0.2, 0.25) is 0 Å². The van der Waals surface area contributed by atoms with E-state index in [0.29, 0.717) is 0 Å². The summed E-state index contributed by atoms with van der Waals surface area (Å²) in [6.07, 6.45) is -0.774. The van der Waals surface area contributed by atoms with Crippen LogP contribution in [0.2, 0.25) is 0 Å². The molecule has 0 aliphatic rings. The number of halogens is 2. The number of aliphatic hydroxyl groups excluding tert-OH is 1. The van der Waals surface area contributed by atoms with Gasteiger partial charge >= 0.3 is 0 Å². The van der Waals surface area contributed by atoms with Crippen LogP contribution in [0.1, 0.15) is 11.7 Å². The van der Waals surface area contributed by atoms with E-state index in [1.807, 2.05) is 0 Å². The molecule has 0 saturated heterocycles. The van der Waals surface area contributed by atoms with Gasteiger partial charge in [0.15, 0.2) is 15.7 Å². The highest BCUT2D eigenvalue weighted by molar-refractivity contribution is 7.90. The van der Waals surface area contributed by atoms with Crippen LogP contribution in [-0.2, 0) is 9.84 Å². The zero-order valence-corrected chi connectivity index (χ0v) is 9.26. The number of hydrogen-bond acceptors (Lipinski definition) is 4. The molecule has 90 valence electrons. The molecule has 1 aromatic carbocycles. The summed E-state index contributed by atoms with van der Waals surface area (Å²) in [6.45, 7) is -0.402. The highest BCUT2D eigenvalue weighted by atomic mass is 32.2. The van der Waals surface area contributed by atoms with Gasteiger partial charge < -0.3 is 10.8 Å². The second-order valence-corrected chi connectivity index (χ2v) is 5.28. The number of rotatable bonds is 3.